The fourth-order valence-electron chi connectivity index (χ4n) is 5.11. The molecule has 2 fully saturated rings. The number of tetrazole rings is 1. The van der Waals surface area contributed by atoms with E-state index in [-0.39, 0.29) is 22.2 Å². The number of hydrogen-bond donors (Lipinski definition) is 3. The van der Waals surface area contributed by atoms with E-state index in [1.807, 2.05) is 6.08 Å². The van der Waals surface area contributed by atoms with Crippen molar-refractivity contribution in [2.24, 2.45) is 5.16 Å². The van der Waals surface area contributed by atoms with Gasteiger partial charge in [0, 0.05) is 62.7 Å². The van der Waals surface area contributed by atoms with E-state index < -0.39 is 29.2 Å². The minimum atomic E-state index is -1.21. The van der Waals surface area contributed by atoms with Crippen molar-refractivity contribution in [3.63, 3.8) is 0 Å². The highest BCUT2D eigenvalue weighted by atomic mass is 32.2. The van der Waals surface area contributed by atoms with Gasteiger partial charge in [0.2, 0.25) is 5.16 Å². The molecule has 0 aromatic carbocycles. The van der Waals surface area contributed by atoms with Gasteiger partial charge in [0.05, 0.1) is 0 Å². The van der Waals surface area contributed by atoms with Crippen molar-refractivity contribution in [2.45, 2.75) is 29.5 Å². The summed E-state index contributed by atoms with van der Waals surface area (Å²) in [6, 6.07) is -0.939. The van der Waals surface area contributed by atoms with Crippen molar-refractivity contribution < 1.29 is 24.3 Å². The molecule has 44 heavy (non-hydrogen) atoms. The highest BCUT2D eigenvalue weighted by molar-refractivity contribution is 8.01. The Bertz CT molecular complexity index is 1450. The molecule has 5 heterocycles. The number of anilines is 1. The van der Waals surface area contributed by atoms with Crippen LogP contribution in [0.2, 0.25) is 0 Å². The summed E-state index contributed by atoms with van der Waals surface area (Å²) in [7, 11) is 1.28. The number of nitrogens with one attached hydrogen (secondary N) is 1. The first-order chi connectivity index (χ1) is 21.3. The maximum atomic E-state index is 13.1. The van der Waals surface area contributed by atoms with Gasteiger partial charge in [0.1, 0.15) is 29.9 Å². The molecule has 236 valence electrons. The fourth-order valence-corrected chi connectivity index (χ4v) is 8.05. The zero-order valence-corrected chi connectivity index (χ0v) is 26.4. The second-order valence-corrected chi connectivity index (χ2v) is 13.0. The molecular formula is C25H33N11O5S3. The van der Waals surface area contributed by atoms with Crippen molar-refractivity contribution >= 4 is 63.5 Å². The molecule has 0 spiro atoms. The van der Waals surface area contributed by atoms with Crippen LogP contribution in [0.3, 0.4) is 0 Å². The second kappa shape index (κ2) is 14.5. The standard InChI is InChI=1S/C25H33N11O5S3/c1-3-5-33-8-10-34(11-9-33)6-4-7-35-25(29-31-32-35)44-13-15-12-42-22-18(21(38)36(22)19(15)23(39)40)28-20(37)17(30-41-2)16-14-43-24(26)27-16/h3,14,18,22H,1,4-13H2,2H3,(H2,26,27)(H,28,37)(H,39,40)/t18?,22-/m0/s1. The molecule has 1 unspecified atom stereocenters. The van der Waals surface area contributed by atoms with Crippen molar-refractivity contribution in [2.75, 3.05) is 63.6 Å². The van der Waals surface area contributed by atoms with Crippen LogP contribution in [-0.2, 0) is 25.8 Å². The molecule has 2 amide bonds. The molecule has 3 aliphatic heterocycles. The zero-order valence-electron chi connectivity index (χ0n) is 24.0. The van der Waals surface area contributed by atoms with Gasteiger partial charge in [-0.2, -0.15) is 0 Å². The van der Waals surface area contributed by atoms with Gasteiger partial charge >= 0.3 is 5.97 Å². The summed E-state index contributed by atoms with van der Waals surface area (Å²) in [5.74, 6) is -1.77. The number of thiazole rings is 1. The normalized spacial score (nSPS) is 21.2. The number of oxime groups is 1. The Morgan fingerprint density at radius 2 is 2.07 bits per heavy atom. The Labute approximate surface area is 265 Å². The number of nitrogens with two attached hydrogens (primary N) is 1. The molecule has 16 nitrogen and oxygen atoms in total. The van der Waals surface area contributed by atoms with E-state index in [0.29, 0.717) is 28.8 Å². The number of carbonyl (C=O) groups is 3. The van der Waals surface area contributed by atoms with Crippen LogP contribution in [0, 0.1) is 0 Å². The van der Waals surface area contributed by atoms with Gasteiger partial charge in [-0.15, -0.1) is 34.8 Å². The van der Waals surface area contributed by atoms with Crippen LogP contribution in [-0.4, -0.2) is 138 Å². The third-order valence-corrected chi connectivity index (χ3v) is 10.3. The number of carbonyl (C=O) groups excluding carboxylic acids is 2. The van der Waals surface area contributed by atoms with Crippen LogP contribution in [0.5, 0.6) is 0 Å². The van der Waals surface area contributed by atoms with Gasteiger partial charge in [-0.3, -0.25) is 19.4 Å². The Balaban J connectivity index is 1.17. The number of amides is 2. The molecule has 19 heteroatoms. The number of aryl methyl sites for hydroxylation is 1. The Morgan fingerprint density at radius 1 is 1.30 bits per heavy atom. The molecule has 0 aliphatic carbocycles. The predicted octanol–water partition coefficient (Wildman–Crippen LogP) is -0.213. The van der Waals surface area contributed by atoms with Crippen LogP contribution in [0.1, 0.15) is 12.1 Å². The number of piperazine rings is 1. The van der Waals surface area contributed by atoms with Crippen LogP contribution in [0.4, 0.5) is 5.13 Å². The summed E-state index contributed by atoms with van der Waals surface area (Å²) in [6.07, 6.45) is 2.81. The smallest absolute Gasteiger partial charge is 0.352 e. The molecule has 2 aromatic heterocycles. The summed E-state index contributed by atoms with van der Waals surface area (Å²) in [4.78, 5) is 53.3. The lowest BCUT2D eigenvalue weighted by molar-refractivity contribution is -0.150. The molecular weight excluding hydrogens is 631 g/mol. The van der Waals surface area contributed by atoms with Crippen molar-refractivity contribution in [3.05, 3.63) is 35.0 Å². The van der Waals surface area contributed by atoms with E-state index in [4.69, 9.17) is 10.6 Å². The van der Waals surface area contributed by atoms with E-state index in [1.165, 1.54) is 35.5 Å². The van der Waals surface area contributed by atoms with Gasteiger partial charge < -0.3 is 25.9 Å². The molecule has 3 aliphatic rings. The molecule has 2 saturated heterocycles. The summed E-state index contributed by atoms with van der Waals surface area (Å²) in [5, 5.41) is 30.3. The molecule has 0 radical (unpaired) electrons. The molecule has 0 saturated carbocycles. The number of rotatable bonds is 14. The topological polar surface area (TPSA) is 197 Å². The number of fused-ring (bicyclic) bond motifs is 1. The summed E-state index contributed by atoms with van der Waals surface area (Å²) in [6.45, 7) is 10.4. The van der Waals surface area contributed by atoms with E-state index in [0.717, 1.165) is 57.0 Å². The quantitative estimate of drug-likeness (QED) is 0.0789. The molecule has 0 bridgehead atoms. The van der Waals surface area contributed by atoms with Gasteiger partial charge in [0.15, 0.2) is 10.8 Å². The fraction of sp³-hybridized carbons (Fsp3) is 0.520. The van der Waals surface area contributed by atoms with E-state index in [2.05, 4.69) is 47.4 Å². The maximum Gasteiger partial charge on any atom is 0.352 e. The van der Waals surface area contributed by atoms with Crippen molar-refractivity contribution in [1.82, 2.24) is 45.2 Å². The molecule has 5 rings (SSSR count). The third-order valence-electron chi connectivity index (χ3n) is 7.27. The summed E-state index contributed by atoms with van der Waals surface area (Å²) in [5.41, 5.74) is 6.25. The first-order valence-electron chi connectivity index (χ1n) is 13.8. The lowest BCUT2D eigenvalue weighted by atomic mass is 10.0. The largest absolute Gasteiger partial charge is 0.477 e. The van der Waals surface area contributed by atoms with Crippen LogP contribution in [0.25, 0.3) is 0 Å². The Hall–Kier alpha value is -3.52. The SMILES string of the molecule is C=CCN1CCN(CCCn2nnnc2SCC2=C(C(=O)O)N3C(=O)C(NC(=O)C(=NOC)c4csc(N)n4)[C@@H]3SC2)CC1. The molecule has 4 N–H and O–H groups in total. The highest BCUT2D eigenvalue weighted by Crippen LogP contribution is 2.41. The first-order valence-corrected chi connectivity index (χ1v) is 16.7. The average Bonchev–Trinajstić information content (AvgIpc) is 3.66. The van der Waals surface area contributed by atoms with E-state index in [1.54, 1.807) is 10.1 Å². The highest BCUT2D eigenvalue weighted by Gasteiger charge is 2.54. The van der Waals surface area contributed by atoms with Gasteiger partial charge in [-0.25, -0.2) is 14.5 Å². The lowest BCUT2D eigenvalue weighted by Gasteiger charge is -2.49. The number of aromatic nitrogens is 5. The Kier molecular flexibility index (Phi) is 10.5. The van der Waals surface area contributed by atoms with E-state index >= 15 is 0 Å². The second-order valence-electron chi connectivity index (χ2n) is 10.1. The zero-order chi connectivity index (χ0) is 31.2. The summed E-state index contributed by atoms with van der Waals surface area (Å²) >= 11 is 3.84. The molecule has 2 aromatic rings. The molecule has 2 atom stereocenters. The van der Waals surface area contributed by atoms with Crippen molar-refractivity contribution in [1.29, 1.82) is 0 Å². The monoisotopic (exact) mass is 663 g/mol. The number of nitrogens with zero attached hydrogens (tertiary/aromatic N) is 9. The van der Waals surface area contributed by atoms with Gasteiger partial charge in [-0.1, -0.05) is 23.0 Å². The van der Waals surface area contributed by atoms with Gasteiger partial charge in [-0.05, 0) is 22.4 Å². The predicted molar refractivity (Wildman–Crippen MR) is 166 cm³/mol. The minimum absolute atomic E-state index is 0.0792. The van der Waals surface area contributed by atoms with Crippen LogP contribution < -0.4 is 11.1 Å². The van der Waals surface area contributed by atoms with Crippen LogP contribution >= 0.6 is 34.9 Å². The number of carboxylic acid groups (broad SMARTS) is 1. The average molecular weight is 664 g/mol. The minimum Gasteiger partial charge on any atom is -0.477 e. The Morgan fingerprint density at radius 3 is 2.75 bits per heavy atom. The van der Waals surface area contributed by atoms with E-state index in [9.17, 15) is 19.5 Å². The number of aliphatic carboxylic acids is 1. The van der Waals surface area contributed by atoms with Crippen molar-refractivity contribution in [3.8, 4) is 0 Å². The summed E-state index contributed by atoms with van der Waals surface area (Å²) < 4.78 is 1.73. The van der Waals surface area contributed by atoms with Gasteiger partial charge in [0.25, 0.3) is 11.8 Å². The number of β-lactam (4-membered cyclic amide) rings is 1. The first kappa shape index (κ1) is 31.9. The number of nitrogen functional groups attached to an aromatic ring is 1. The third kappa shape index (κ3) is 7.06. The van der Waals surface area contributed by atoms with Crippen LogP contribution in [0.15, 0.2) is 39.6 Å². The lowest BCUT2D eigenvalue weighted by Crippen LogP contribution is -2.71. The maximum absolute atomic E-state index is 13.1. The number of carboxylic acids is 1. The number of hydrogen-bond acceptors (Lipinski definition) is 15. The number of thioether (sulfide) groups is 2.